The predicted molar refractivity (Wildman–Crippen MR) is 99.8 cm³/mol. The summed E-state index contributed by atoms with van der Waals surface area (Å²) in [7, 11) is 3.89. The highest BCUT2D eigenvalue weighted by molar-refractivity contribution is 5.83. The number of ether oxygens (including phenoxy) is 1. The number of nitro benzene ring substituents is 1. The van der Waals surface area contributed by atoms with Gasteiger partial charge in [0.1, 0.15) is 0 Å². The van der Waals surface area contributed by atoms with Crippen LogP contribution in [0.3, 0.4) is 0 Å². The summed E-state index contributed by atoms with van der Waals surface area (Å²) in [6.07, 6.45) is 1.51. The van der Waals surface area contributed by atoms with Gasteiger partial charge in [0.25, 0.3) is 5.91 Å². The van der Waals surface area contributed by atoms with E-state index in [1.54, 1.807) is 13.0 Å². The Bertz CT molecular complexity index is 816. The van der Waals surface area contributed by atoms with E-state index < -0.39 is 10.8 Å². The molecule has 0 heterocycles. The molecule has 8 heteroatoms. The topological polar surface area (TPSA) is 97.1 Å². The number of hydrazone groups is 1. The fraction of sp³-hybridized carbons (Fsp3) is 0.222. The predicted octanol–water partition coefficient (Wildman–Crippen LogP) is 2.50. The van der Waals surface area contributed by atoms with Gasteiger partial charge in [-0.15, -0.1) is 0 Å². The first-order valence-electron chi connectivity index (χ1n) is 7.84. The van der Waals surface area contributed by atoms with Crippen molar-refractivity contribution in [2.75, 3.05) is 25.6 Å². The van der Waals surface area contributed by atoms with Crippen LogP contribution in [0.5, 0.6) is 5.75 Å². The van der Waals surface area contributed by atoms with Crippen molar-refractivity contribution in [3.8, 4) is 5.75 Å². The Kier molecular flexibility index (Phi) is 6.26. The van der Waals surface area contributed by atoms with Crippen LogP contribution in [0.1, 0.15) is 11.1 Å². The van der Waals surface area contributed by atoms with Gasteiger partial charge < -0.3 is 9.64 Å². The number of nitrogens with zero attached hydrogens (tertiary/aromatic N) is 3. The first-order valence-corrected chi connectivity index (χ1v) is 7.84. The molecule has 1 N–H and O–H groups in total. The Morgan fingerprint density at radius 2 is 1.96 bits per heavy atom. The van der Waals surface area contributed by atoms with Crippen molar-refractivity contribution in [3.05, 3.63) is 63.7 Å². The van der Waals surface area contributed by atoms with E-state index in [0.29, 0.717) is 0 Å². The third kappa shape index (κ3) is 5.30. The number of benzene rings is 2. The zero-order valence-electron chi connectivity index (χ0n) is 14.8. The molecule has 0 fully saturated rings. The lowest BCUT2D eigenvalue weighted by Gasteiger charge is -2.11. The average molecular weight is 356 g/mol. The van der Waals surface area contributed by atoms with Crippen molar-refractivity contribution in [2.45, 2.75) is 6.92 Å². The number of rotatable bonds is 7. The summed E-state index contributed by atoms with van der Waals surface area (Å²) in [6, 6.07) is 12.1. The van der Waals surface area contributed by atoms with Crippen molar-refractivity contribution >= 4 is 23.5 Å². The molecule has 0 spiro atoms. The molecule has 0 bridgehead atoms. The summed E-state index contributed by atoms with van der Waals surface area (Å²) in [5, 5.41) is 14.9. The molecule has 2 aromatic rings. The highest BCUT2D eigenvalue weighted by Gasteiger charge is 2.16. The zero-order chi connectivity index (χ0) is 19.1. The van der Waals surface area contributed by atoms with Gasteiger partial charge in [-0.3, -0.25) is 14.9 Å². The molecule has 8 nitrogen and oxygen atoms in total. The Labute approximate surface area is 151 Å². The van der Waals surface area contributed by atoms with Gasteiger partial charge in [0.2, 0.25) is 0 Å². The van der Waals surface area contributed by atoms with E-state index in [2.05, 4.69) is 10.5 Å². The Morgan fingerprint density at radius 1 is 1.27 bits per heavy atom. The molecule has 26 heavy (non-hydrogen) atoms. The van der Waals surface area contributed by atoms with E-state index in [1.807, 2.05) is 43.3 Å². The third-order valence-corrected chi connectivity index (χ3v) is 3.48. The van der Waals surface area contributed by atoms with Gasteiger partial charge in [-0.2, -0.15) is 5.10 Å². The molecule has 0 saturated heterocycles. The number of nitrogens with one attached hydrogen (secondary N) is 1. The van der Waals surface area contributed by atoms with Gasteiger partial charge in [0.05, 0.1) is 11.1 Å². The van der Waals surface area contributed by atoms with Crippen molar-refractivity contribution in [3.63, 3.8) is 0 Å². The van der Waals surface area contributed by atoms with Crippen LogP contribution < -0.4 is 15.1 Å². The van der Waals surface area contributed by atoms with Crippen molar-refractivity contribution in [1.29, 1.82) is 0 Å². The summed E-state index contributed by atoms with van der Waals surface area (Å²) < 4.78 is 5.23. The number of hydrogen-bond donors (Lipinski definition) is 1. The standard InChI is InChI=1S/C18H20N4O4/c1-13-4-9-17(16(10-13)22(24)25)26-12-18(23)20-19-11-14-5-7-15(8-6-14)21(2)3/h4-11H,12H2,1-3H3,(H,20,23)/b19-11-. The maximum absolute atomic E-state index is 11.8. The van der Waals surface area contributed by atoms with Crippen LogP contribution in [0.4, 0.5) is 11.4 Å². The Balaban J connectivity index is 1.88. The molecule has 0 unspecified atom stereocenters. The van der Waals surface area contributed by atoms with Gasteiger partial charge in [-0.05, 0) is 36.2 Å². The van der Waals surface area contributed by atoms with Crippen molar-refractivity contribution < 1.29 is 14.5 Å². The van der Waals surface area contributed by atoms with Crippen LogP contribution in [0, 0.1) is 17.0 Å². The van der Waals surface area contributed by atoms with Crippen molar-refractivity contribution in [1.82, 2.24) is 5.43 Å². The second-order valence-electron chi connectivity index (χ2n) is 5.80. The normalized spacial score (nSPS) is 10.6. The lowest BCUT2D eigenvalue weighted by Crippen LogP contribution is -2.24. The number of anilines is 1. The van der Waals surface area contributed by atoms with Gasteiger partial charge >= 0.3 is 5.69 Å². The van der Waals surface area contributed by atoms with E-state index in [-0.39, 0.29) is 18.0 Å². The highest BCUT2D eigenvalue weighted by atomic mass is 16.6. The van der Waals surface area contributed by atoms with Crippen LogP contribution in [0.15, 0.2) is 47.6 Å². The van der Waals surface area contributed by atoms with Crippen LogP contribution in [0.2, 0.25) is 0 Å². The summed E-state index contributed by atoms with van der Waals surface area (Å²) in [6.45, 7) is 1.37. The van der Waals surface area contributed by atoms with E-state index in [0.717, 1.165) is 16.8 Å². The largest absolute Gasteiger partial charge is 0.477 e. The number of carbonyl (C=O) groups is 1. The minimum Gasteiger partial charge on any atom is -0.477 e. The second-order valence-corrected chi connectivity index (χ2v) is 5.80. The SMILES string of the molecule is Cc1ccc(OCC(=O)N/N=C\c2ccc(N(C)C)cc2)c([N+](=O)[O-])c1. The monoisotopic (exact) mass is 356 g/mol. The highest BCUT2D eigenvalue weighted by Crippen LogP contribution is 2.27. The minimum absolute atomic E-state index is 0.0407. The molecule has 2 aromatic carbocycles. The summed E-state index contributed by atoms with van der Waals surface area (Å²) in [4.78, 5) is 24.2. The quantitative estimate of drug-likeness (QED) is 0.467. The molecule has 0 atom stereocenters. The smallest absolute Gasteiger partial charge is 0.311 e. The van der Waals surface area contributed by atoms with Gasteiger partial charge in [0, 0.05) is 25.8 Å². The van der Waals surface area contributed by atoms with E-state index in [1.165, 1.54) is 18.3 Å². The van der Waals surface area contributed by atoms with Crippen LogP contribution in [0.25, 0.3) is 0 Å². The molecule has 0 aromatic heterocycles. The lowest BCUT2D eigenvalue weighted by molar-refractivity contribution is -0.385. The molecule has 0 aliphatic carbocycles. The first-order chi connectivity index (χ1) is 12.4. The van der Waals surface area contributed by atoms with E-state index in [4.69, 9.17) is 4.74 Å². The summed E-state index contributed by atoms with van der Waals surface area (Å²) in [5.74, 6) is -0.472. The molecular formula is C18H20N4O4. The maximum atomic E-state index is 11.8. The maximum Gasteiger partial charge on any atom is 0.311 e. The Morgan fingerprint density at radius 3 is 2.58 bits per heavy atom. The molecule has 0 aliphatic rings. The number of aryl methyl sites for hydroxylation is 1. The number of amides is 1. The van der Waals surface area contributed by atoms with E-state index in [9.17, 15) is 14.9 Å². The van der Waals surface area contributed by atoms with Gasteiger partial charge in [-0.1, -0.05) is 18.2 Å². The fourth-order valence-corrected chi connectivity index (χ4v) is 2.11. The fourth-order valence-electron chi connectivity index (χ4n) is 2.11. The zero-order valence-corrected chi connectivity index (χ0v) is 14.8. The van der Waals surface area contributed by atoms with Crippen LogP contribution >= 0.6 is 0 Å². The molecule has 1 amide bonds. The Hall–Kier alpha value is -3.42. The third-order valence-electron chi connectivity index (χ3n) is 3.48. The molecule has 0 saturated carbocycles. The molecule has 0 aliphatic heterocycles. The first kappa shape index (κ1) is 18.9. The molecular weight excluding hydrogens is 336 g/mol. The van der Waals surface area contributed by atoms with Crippen molar-refractivity contribution in [2.24, 2.45) is 5.10 Å². The van der Waals surface area contributed by atoms with Crippen LogP contribution in [-0.2, 0) is 4.79 Å². The number of nitro groups is 1. The number of carbonyl (C=O) groups excluding carboxylic acids is 1. The summed E-state index contributed by atoms with van der Waals surface area (Å²) >= 11 is 0. The van der Waals surface area contributed by atoms with Crippen LogP contribution in [-0.4, -0.2) is 37.7 Å². The average Bonchev–Trinajstić information content (AvgIpc) is 2.61. The number of hydrogen-bond acceptors (Lipinski definition) is 6. The molecule has 136 valence electrons. The molecule has 2 rings (SSSR count). The van der Waals surface area contributed by atoms with Gasteiger partial charge in [-0.25, -0.2) is 5.43 Å². The molecule has 0 radical (unpaired) electrons. The lowest BCUT2D eigenvalue weighted by atomic mass is 10.2. The minimum atomic E-state index is -0.546. The second kappa shape index (κ2) is 8.61. The summed E-state index contributed by atoms with van der Waals surface area (Å²) in [5.41, 5.74) is 4.76. The van der Waals surface area contributed by atoms with E-state index >= 15 is 0 Å². The van der Waals surface area contributed by atoms with Gasteiger partial charge in [0.15, 0.2) is 12.4 Å².